The van der Waals surface area contributed by atoms with Gasteiger partial charge in [0, 0.05) is 12.1 Å². The number of esters is 1. The van der Waals surface area contributed by atoms with Crippen LogP contribution in [0.1, 0.15) is 32.6 Å². The van der Waals surface area contributed by atoms with Crippen molar-refractivity contribution in [2.75, 3.05) is 11.5 Å². The number of unbranched alkanes of at least 4 members (excludes halogenated alkanes) is 2. The molecule has 88 valence electrons. The van der Waals surface area contributed by atoms with Gasteiger partial charge in [0.1, 0.15) is 0 Å². The van der Waals surface area contributed by atoms with E-state index in [4.69, 9.17) is 16.2 Å². The number of carbonyl (C=O) groups excluding carboxylic acids is 1. The molecule has 0 saturated carbocycles. The van der Waals surface area contributed by atoms with Gasteiger partial charge in [-0.05, 0) is 24.6 Å². The van der Waals surface area contributed by atoms with Crippen molar-refractivity contribution in [3.05, 3.63) is 18.2 Å². The quantitative estimate of drug-likeness (QED) is 0.347. The summed E-state index contributed by atoms with van der Waals surface area (Å²) in [6.07, 6.45) is 3.39. The normalized spacial score (nSPS) is 10.1. The van der Waals surface area contributed by atoms with Crippen LogP contribution in [-0.2, 0) is 4.79 Å². The predicted octanol–water partition coefficient (Wildman–Crippen LogP) is 2.34. The first-order valence-electron chi connectivity index (χ1n) is 5.49. The molecule has 16 heavy (non-hydrogen) atoms. The molecule has 1 rings (SSSR count). The van der Waals surface area contributed by atoms with E-state index in [1.807, 2.05) is 0 Å². The Morgan fingerprint density at radius 1 is 1.31 bits per heavy atom. The Morgan fingerprint density at radius 2 is 2.06 bits per heavy atom. The third-order valence-corrected chi connectivity index (χ3v) is 2.24. The standard InChI is InChI=1S/C12H18N2O2/c1-2-3-4-5-12(15)16-11-7-6-9(13)8-10(11)14/h6-8H,2-5,13-14H2,1H3. The van der Waals surface area contributed by atoms with Crippen molar-refractivity contribution in [1.29, 1.82) is 0 Å². The molecule has 4 heteroatoms. The minimum Gasteiger partial charge on any atom is -0.424 e. The third kappa shape index (κ3) is 3.81. The molecular formula is C12H18N2O2. The molecule has 0 bridgehead atoms. The molecule has 0 amide bonds. The van der Waals surface area contributed by atoms with E-state index in [0.717, 1.165) is 19.3 Å². The molecule has 0 aliphatic rings. The van der Waals surface area contributed by atoms with E-state index >= 15 is 0 Å². The number of hydrogen-bond acceptors (Lipinski definition) is 4. The first-order chi connectivity index (χ1) is 7.63. The van der Waals surface area contributed by atoms with Gasteiger partial charge >= 0.3 is 5.97 Å². The highest BCUT2D eigenvalue weighted by molar-refractivity contribution is 5.75. The van der Waals surface area contributed by atoms with Crippen molar-refractivity contribution >= 4 is 17.3 Å². The number of carbonyl (C=O) groups is 1. The molecular weight excluding hydrogens is 204 g/mol. The summed E-state index contributed by atoms with van der Waals surface area (Å²) in [6, 6.07) is 4.85. The second-order valence-corrected chi connectivity index (χ2v) is 3.73. The smallest absolute Gasteiger partial charge is 0.311 e. The van der Waals surface area contributed by atoms with Crippen LogP contribution in [0.15, 0.2) is 18.2 Å². The number of benzene rings is 1. The second-order valence-electron chi connectivity index (χ2n) is 3.73. The average molecular weight is 222 g/mol. The number of anilines is 2. The minimum absolute atomic E-state index is 0.245. The first-order valence-corrected chi connectivity index (χ1v) is 5.49. The maximum Gasteiger partial charge on any atom is 0.311 e. The molecule has 0 unspecified atom stereocenters. The lowest BCUT2D eigenvalue weighted by Gasteiger charge is -2.07. The fourth-order valence-electron chi connectivity index (χ4n) is 1.35. The van der Waals surface area contributed by atoms with Gasteiger partial charge in [0.2, 0.25) is 0 Å². The summed E-state index contributed by atoms with van der Waals surface area (Å²) < 4.78 is 5.13. The molecule has 4 nitrogen and oxygen atoms in total. The summed E-state index contributed by atoms with van der Waals surface area (Å²) in [5.74, 6) is 0.139. The molecule has 1 aromatic rings. The van der Waals surface area contributed by atoms with E-state index in [1.54, 1.807) is 18.2 Å². The van der Waals surface area contributed by atoms with E-state index in [2.05, 4.69) is 6.92 Å². The highest BCUT2D eigenvalue weighted by Gasteiger charge is 2.07. The van der Waals surface area contributed by atoms with Crippen LogP contribution in [0.5, 0.6) is 5.75 Å². The maximum atomic E-state index is 11.4. The highest BCUT2D eigenvalue weighted by atomic mass is 16.5. The van der Waals surface area contributed by atoms with Crippen LogP contribution in [0.3, 0.4) is 0 Å². The molecule has 0 radical (unpaired) electrons. The van der Waals surface area contributed by atoms with Gasteiger partial charge in [-0.2, -0.15) is 0 Å². The van der Waals surface area contributed by atoms with Crippen LogP contribution < -0.4 is 16.2 Å². The maximum absolute atomic E-state index is 11.4. The van der Waals surface area contributed by atoms with E-state index in [9.17, 15) is 4.79 Å². The topological polar surface area (TPSA) is 78.3 Å². The average Bonchev–Trinajstić information content (AvgIpc) is 2.23. The van der Waals surface area contributed by atoms with Gasteiger partial charge in [-0.3, -0.25) is 4.79 Å². The molecule has 1 aromatic carbocycles. The van der Waals surface area contributed by atoms with Crippen molar-refractivity contribution in [2.24, 2.45) is 0 Å². The van der Waals surface area contributed by atoms with Gasteiger partial charge in [-0.1, -0.05) is 19.8 Å². The highest BCUT2D eigenvalue weighted by Crippen LogP contribution is 2.24. The Bertz CT molecular complexity index is 364. The van der Waals surface area contributed by atoms with Crippen LogP contribution in [0.2, 0.25) is 0 Å². The van der Waals surface area contributed by atoms with Gasteiger partial charge in [0.25, 0.3) is 0 Å². The number of nitrogens with two attached hydrogens (primary N) is 2. The van der Waals surface area contributed by atoms with E-state index in [-0.39, 0.29) is 5.97 Å². The fraction of sp³-hybridized carbons (Fsp3) is 0.417. The van der Waals surface area contributed by atoms with Crippen molar-refractivity contribution in [3.63, 3.8) is 0 Å². The van der Waals surface area contributed by atoms with E-state index in [1.165, 1.54) is 0 Å². The summed E-state index contributed by atoms with van der Waals surface area (Å²) in [5.41, 5.74) is 12.2. The predicted molar refractivity (Wildman–Crippen MR) is 65.0 cm³/mol. The van der Waals surface area contributed by atoms with Gasteiger partial charge in [0.05, 0.1) is 5.69 Å². The lowest BCUT2D eigenvalue weighted by molar-refractivity contribution is -0.134. The van der Waals surface area contributed by atoms with Gasteiger partial charge < -0.3 is 16.2 Å². The van der Waals surface area contributed by atoms with Crippen LogP contribution in [0, 0.1) is 0 Å². The number of ether oxygens (including phenoxy) is 1. The Labute approximate surface area is 95.6 Å². The Morgan fingerprint density at radius 3 is 2.69 bits per heavy atom. The third-order valence-electron chi connectivity index (χ3n) is 2.24. The molecule has 0 atom stereocenters. The van der Waals surface area contributed by atoms with Crippen molar-refractivity contribution < 1.29 is 9.53 Å². The first kappa shape index (κ1) is 12.4. The summed E-state index contributed by atoms with van der Waals surface area (Å²) >= 11 is 0. The monoisotopic (exact) mass is 222 g/mol. The van der Waals surface area contributed by atoms with E-state index < -0.39 is 0 Å². The minimum atomic E-state index is -0.245. The lowest BCUT2D eigenvalue weighted by Crippen LogP contribution is -2.09. The number of nitrogen functional groups attached to an aromatic ring is 2. The summed E-state index contributed by atoms with van der Waals surface area (Å²) in [6.45, 7) is 2.09. The summed E-state index contributed by atoms with van der Waals surface area (Å²) in [5, 5.41) is 0. The van der Waals surface area contributed by atoms with Crippen LogP contribution in [0.25, 0.3) is 0 Å². The van der Waals surface area contributed by atoms with Crippen molar-refractivity contribution in [2.45, 2.75) is 32.6 Å². The zero-order chi connectivity index (χ0) is 12.0. The molecule has 0 aromatic heterocycles. The Hall–Kier alpha value is -1.71. The van der Waals surface area contributed by atoms with Crippen LogP contribution in [0.4, 0.5) is 11.4 Å². The molecule has 4 N–H and O–H groups in total. The Balaban J connectivity index is 2.49. The van der Waals surface area contributed by atoms with Gasteiger partial charge in [0.15, 0.2) is 5.75 Å². The molecule has 0 fully saturated rings. The summed E-state index contributed by atoms with van der Waals surface area (Å²) in [7, 11) is 0. The van der Waals surface area contributed by atoms with Crippen LogP contribution in [-0.4, -0.2) is 5.97 Å². The second kappa shape index (κ2) is 6.00. The molecule has 0 spiro atoms. The van der Waals surface area contributed by atoms with Crippen molar-refractivity contribution in [1.82, 2.24) is 0 Å². The SMILES string of the molecule is CCCCCC(=O)Oc1ccc(N)cc1N. The largest absolute Gasteiger partial charge is 0.424 e. The number of rotatable bonds is 5. The van der Waals surface area contributed by atoms with Crippen LogP contribution >= 0.6 is 0 Å². The lowest BCUT2D eigenvalue weighted by atomic mass is 10.2. The fourth-order valence-corrected chi connectivity index (χ4v) is 1.35. The van der Waals surface area contributed by atoms with Gasteiger partial charge in [-0.15, -0.1) is 0 Å². The molecule has 0 heterocycles. The zero-order valence-electron chi connectivity index (χ0n) is 9.53. The molecule has 0 saturated heterocycles. The summed E-state index contributed by atoms with van der Waals surface area (Å²) in [4.78, 5) is 11.4. The molecule has 0 aliphatic heterocycles. The zero-order valence-corrected chi connectivity index (χ0v) is 9.53. The van der Waals surface area contributed by atoms with E-state index in [0.29, 0.717) is 23.5 Å². The van der Waals surface area contributed by atoms with Gasteiger partial charge in [-0.25, -0.2) is 0 Å². The number of hydrogen-bond donors (Lipinski definition) is 2. The molecule has 0 aliphatic carbocycles. The Kier molecular flexibility index (Phi) is 4.64. The van der Waals surface area contributed by atoms with Crippen molar-refractivity contribution in [3.8, 4) is 5.75 Å².